The van der Waals surface area contributed by atoms with Crippen molar-refractivity contribution in [1.29, 1.82) is 0 Å². The third kappa shape index (κ3) is 2.39. The van der Waals surface area contributed by atoms with Crippen LogP contribution in [0.25, 0.3) is 0 Å². The van der Waals surface area contributed by atoms with Crippen LogP contribution in [0.2, 0.25) is 0 Å². The first-order valence-corrected chi connectivity index (χ1v) is 6.90. The Labute approximate surface area is 102 Å². The van der Waals surface area contributed by atoms with Crippen LogP contribution in [0.3, 0.4) is 0 Å². The number of carbonyl (C=O) groups excluding carboxylic acids is 1. The molecule has 1 amide bonds. The van der Waals surface area contributed by atoms with Crippen molar-refractivity contribution in [2.24, 2.45) is 17.8 Å². The summed E-state index contributed by atoms with van der Waals surface area (Å²) in [6.07, 6.45) is 0.990. The fourth-order valence-electron chi connectivity index (χ4n) is 2.96. The van der Waals surface area contributed by atoms with Gasteiger partial charge in [-0.05, 0) is 24.7 Å². The van der Waals surface area contributed by atoms with E-state index in [-0.39, 0.29) is 11.8 Å². The minimum absolute atomic E-state index is 0.0468. The minimum Gasteiger partial charge on any atom is -0.336 e. The molecular weight excluding hydrogens is 280 g/mol. The Kier molecular flexibility index (Phi) is 3.82. The van der Waals surface area contributed by atoms with Crippen molar-refractivity contribution in [2.45, 2.75) is 25.7 Å². The lowest BCUT2D eigenvalue weighted by Gasteiger charge is -2.22. The van der Waals surface area contributed by atoms with Gasteiger partial charge < -0.3 is 4.90 Å². The zero-order valence-electron chi connectivity index (χ0n) is 9.04. The molecule has 2 aliphatic rings. The number of carbonyl (C=O) groups is 1. The topological polar surface area (TPSA) is 20.3 Å². The van der Waals surface area contributed by atoms with Gasteiger partial charge in [0.05, 0.1) is 6.54 Å². The zero-order valence-corrected chi connectivity index (χ0v) is 10.6. The highest BCUT2D eigenvalue weighted by atomic mass is 79.9. The average molecular weight is 296 g/mol. The van der Waals surface area contributed by atoms with Gasteiger partial charge in [-0.1, -0.05) is 22.4 Å². The molecule has 16 heavy (non-hydrogen) atoms. The van der Waals surface area contributed by atoms with Crippen molar-refractivity contribution < 1.29 is 13.6 Å². The van der Waals surface area contributed by atoms with E-state index in [1.807, 2.05) is 0 Å². The molecule has 0 bridgehead atoms. The number of rotatable bonds is 5. The second-order valence-electron chi connectivity index (χ2n) is 4.65. The first kappa shape index (κ1) is 12.3. The van der Waals surface area contributed by atoms with Crippen molar-refractivity contribution in [2.75, 3.05) is 18.4 Å². The van der Waals surface area contributed by atoms with Gasteiger partial charge in [0.2, 0.25) is 5.91 Å². The highest BCUT2D eigenvalue weighted by Crippen LogP contribution is 2.58. The molecule has 0 N–H and O–H groups in total. The first-order valence-electron chi connectivity index (χ1n) is 5.78. The van der Waals surface area contributed by atoms with Crippen molar-refractivity contribution in [1.82, 2.24) is 4.90 Å². The second-order valence-corrected chi connectivity index (χ2v) is 5.44. The highest BCUT2D eigenvalue weighted by Gasteiger charge is 2.57. The molecule has 5 heteroatoms. The monoisotopic (exact) mass is 295 g/mol. The van der Waals surface area contributed by atoms with Crippen LogP contribution in [0.15, 0.2) is 0 Å². The van der Waals surface area contributed by atoms with Gasteiger partial charge in [0.1, 0.15) is 0 Å². The summed E-state index contributed by atoms with van der Waals surface area (Å²) in [4.78, 5) is 13.3. The van der Waals surface area contributed by atoms with Gasteiger partial charge in [-0.3, -0.25) is 4.79 Å². The SMILES string of the molecule is O=C(C1C2CCCC21)N(CCBr)CC(F)F. The van der Waals surface area contributed by atoms with E-state index in [1.165, 1.54) is 11.3 Å². The Bertz CT molecular complexity index is 265. The zero-order chi connectivity index (χ0) is 11.7. The van der Waals surface area contributed by atoms with Crippen LogP contribution in [0.1, 0.15) is 19.3 Å². The number of amides is 1. The number of hydrogen-bond acceptors (Lipinski definition) is 1. The maximum atomic E-state index is 12.3. The first-order chi connectivity index (χ1) is 7.65. The molecule has 0 spiro atoms. The number of halogens is 3. The van der Waals surface area contributed by atoms with E-state index in [0.29, 0.717) is 23.7 Å². The van der Waals surface area contributed by atoms with Crippen molar-refractivity contribution >= 4 is 21.8 Å². The van der Waals surface area contributed by atoms with E-state index in [2.05, 4.69) is 15.9 Å². The molecule has 0 aromatic carbocycles. The molecule has 2 fully saturated rings. The Morgan fingerprint density at radius 2 is 2.00 bits per heavy atom. The molecule has 2 saturated carbocycles. The summed E-state index contributed by atoms with van der Waals surface area (Å²) in [5, 5.41) is 0.563. The van der Waals surface area contributed by atoms with E-state index in [4.69, 9.17) is 0 Å². The van der Waals surface area contributed by atoms with Crippen molar-refractivity contribution in [3.63, 3.8) is 0 Å². The van der Waals surface area contributed by atoms with E-state index in [1.54, 1.807) is 0 Å². The molecule has 0 radical (unpaired) electrons. The third-order valence-corrected chi connectivity index (χ3v) is 4.07. The lowest BCUT2D eigenvalue weighted by Crippen LogP contribution is -2.38. The van der Waals surface area contributed by atoms with E-state index < -0.39 is 13.0 Å². The summed E-state index contributed by atoms with van der Waals surface area (Å²) < 4.78 is 24.7. The van der Waals surface area contributed by atoms with Crippen LogP contribution in [-0.2, 0) is 4.79 Å². The van der Waals surface area contributed by atoms with Crippen LogP contribution >= 0.6 is 15.9 Å². The Balaban J connectivity index is 1.90. The molecule has 2 aliphatic carbocycles. The lowest BCUT2D eigenvalue weighted by atomic mass is 10.1. The number of alkyl halides is 3. The number of fused-ring (bicyclic) bond motifs is 1. The predicted molar refractivity (Wildman–Crippen MR) is 60.7 cm³/mol. The summed E-state index contributed by atoms with van der Waals surface area (Å²) in [6.45, 7) is -0.0283. The number of nitrogens with zero attached hydrogens (tertiary/aromatic N) is 1. The van der Waals surface area contributed by atoms with E-state index in [0.717, 1.165) is 12.8 Å². The van der Waals surface area contributed by atoms with Crippen molar-refractivity contribution in [3.05, 3.63) is 0 Å². The molecule has 2 rings (SSSR count). The quantitative estimate of drug-likeness (QED) is 0.714. The van der Waals surface area contributed by atoms with Crippen LogP contribution in [0, 0.1) is 17.8 Å². The van der Waals surface area contributed by atoms with Gasteiger partial charge >= 0.3 is 0 Å². The average Bonchev–Trinajstić information content (AvgIpc) is 2.69. The second kappa shape index (κ2) is 4.98. The smallest absolute Gasteiger partial charge is 0.255 e. The molecule has 92 valence electrons. The standard InChI is InChI=1S/C11H16BrF2NO/c12-4-5-15(6-9(13)14)11(16)10-7-2-1-3-8(7)10/h7-10H,1-6H2. The molecular formula is C11H16BrF2NO. The maximum Gasteiger partial charge on any atom is 0.255 e. The van der Waals surface area contributed by atoms with Gasteiger partial charge in [0.25, 0.3) is 6.43 Å². The largest absolute Gasteiger partial charge is 0.336 e. The molecule has 0 heterocycles. The Hall–Kier alpha value is -0.190. The maximum absolute atomic E-state index is 12.3. The summed E-state index contributed by atoms with van der Waals surface area (Å²) in [5.41, 5.74) is 0. The van der Waals surface area contributed by atoms with Crippen LogP contribution < -0.4 is 0 Å². The molecule has 2 unspecified atom stereocenters. The van der Waals surface area contributed by atoms with Gasteiger partial charge in [0, 0.05) is 17.8 Å². The Morgan fingerprint density at radius 3 is 2.50 bits per heavy atom. The van der Waals surface area contributed by atoms with Gasteiger partial charge in [-0.2, -0.15) is 0 Å². The van der Waals surface area contributed by atoms with E-state index >= 15 is 0 Å². The molecule has 2 atom stereocenters. The Morgan fingerprint density at radius 1 is 1.38 bits per heavy atom. The van der Waals surface area contributed by atoms with Gasteiger partial charge in [-0.15, -0.1) is 0 Å². The lowest BCUT2D eigenvalue weighted by molar-refractivity contribution is -0.135. The summed E-state index contributed by atoms with van der Waals surface area (Å²) in [6, 6.07) is 0. The molecule has 0 saturated heterocycles. The summed E-state index contributed by atoms with van der Waals surface area (Å²) >= 11 is 3.20. The molecule has 0 aromatic rings. The third-order valence-electron chi connectivity index (χ3n) is 3.72. The fourth-order valence-corrected chi connectivity index (χ4v) is 3.39. The normalized spacial score (nSPS) is 31.6. The van der Waals surface area contributed by atoms with Crippen LogP contribution in [-0.4, -0.2) is 35.7 Å². The highest BCUT2D eigenvalue weighted by molar-refractivity contribution is 9.09. The van der Waals surface area contributed by atoms with Gasteiger partial charge in [-0.25, -0.2) is 8.78 Å². The summed E-state index contributed by atoms with van der Waals surface area (Å²) in [5.74, 6) is 1.02. The number of hydrogen-bond donors (Lipinski definition) is 0. The molecule has 2 nitrogen and oxygen atoms in total. The van der Waals surface area contributed by atoms with Gasteiger partial charge in [0.15, 0.2) is 0 Å². The van der Waals surface area contributed by atoms with Crippen molar-refractivity contribution in [3.8, 4) is 0 Å². The fraction of sp³-hybridized carbons (Fsp3) is 0.909. The molecule has 0 aromatic heterocycles. The van der Waals surface area contributed by atoms with Crippen LogP contribution in [0.5, 0.6) is 0 Å². The molecule has 0 aliphatic heterocycles. The summed E-state index contributed by atoms with van der Waals surface area (Å²) in [7, 11) is 0. The van der Waals surface area contributed by atoms with Crippen LogP contribution in [0.4, 0.5) is 8.78 Å². The van der Waals surface area contributed by atoms with E-state index in [9.17, 15) is 13.6 Å². The minimum atomic E-state index is -2.43. The predicted octanol–water partition coefficient (Wildman–Crippen LogP) is 2.52.